The van der Waals surface area contributed by atoms with E-state index in [1.165, 1.54) is 11.8 Å². The van der Waals surface area contributed by atoms with Crippen LogP contribution in [-0.2, 0) is 9.63 Å². The number of anilines is 1. The molecule has 2 aromatic carbocycles. The molecular weight excluding hydrogens is 320 g/mol. The SMILES string of the molecule is COc1cccc(/C=N\OCC(=O)Nc2ccc(C)c(C)c2)c1OC. The van der Waals surface area contributed by atoms with E-state index in [-0.39, 0.29) is 12.5 Å². The van der Waals surface area contributed by atoms with Gasteiger partial charge in [0.05, 0.1) is 20.4 Å². The average Bonchev–Trinajstić information content (AvgIpc) is 2.61. The Labute approximate surface area is 147 Å². The molecule has 0 aliphatic rings. The average molecular weight is 342 g/mol. The molecule has 0 aliphatic heterocycles. The molecule has 2 aromatic rings. The van der Waals surface area contributed by atoms with E-state index in [2.05, 4.69) is 10.5 Å². The van der Waals surface area contributed by atoms with Gasteiger partial charge in [0.25, 0.3) is 5.91 Å². The fourth-order valence-electron chi connectivity index (χ4n) is 2.22. The highest BCUT2D eigenvalue weighted by atomic mass is 16.6. The van der Waals surface area contributed by atoms with Crippen molar-refractivity contribution < 1.29 is 19.1 Å². The van der Waals surface area contributed by atoms with E-state index < -0.39 is 0 Å². The number of carbonyl (C=O) groups is 1. The smallest absolute Gasteiger partial charge is 0.265 e. The summed E-state index contributed by atoms with van der Waals surface area (Å²) in [5, 5.41) is 6.58. The van der Waals surface area contributed by atoms with E-state index in [0.717, 1.165) is 11.3 Å². The van der Waals surface area contributed by atoms with Crippen LogP contribution in [0.5, 0.6) is 11.5 Å². The zero-order chi connectivity index (χ0) is 18.2. The molecule has 2 rings (SSSR count). The third kappa shape index (κ3) is 4.97. The summed E-state index contributed by atoms with van der Waals surface area (Å²) in [6.45, 7) is 3.83. The Hall–Kier alpha value is -3.02. The number of methoxy groups -OCH3 is 2. The minimum absolute atomic E-state index is 0.185. The van der Waals surface area contributed by atoms with Gasteiger partial charge in [-0.3, -0.25) is 4.79 Å². The molecule has 132 valence electrons. The predicted molar refractivity (Wildman–Crippen MR) is 97.6 cm³/mol. The van der Waals surface area contributed by atoms with Gasteiger partial charge in [0, 0.05) is 11.3 Å². The Morgan fingerprint density at radius 1 is 1.12 bits per heavy atom. The summed E-state index contributed by atoms with van der Waals surface area (Å²) >= 11 is 0. The first kappa shape index (κ1) is 18.3. The molecule has 1 N–H and O–H groups in total. The van der Waals surface area contributed by atoms with Crippen LogP contribution in [0, 0.1) is 13.8 Å². The normalized spacial score (nSPS) is 10.6. The number of nitrogens with zero attached hydrogens (tertiary/aromatic N) is 1. The molecule has 25 heavy (non-hydrogen) atoms. The first-order chi connectivity index (χ1) is 12.0. The van der Waals surface area contributed by atoms with Crippen molar-refractivity contribution in [3.05, 3.63) is 53.1 Å². The minimum atomic E-state index is -0.280. The highest BCUT2D eigenvalue weighted by Gasteiger charge is 2.08. The molecule has 0 fully saturated rings. The molecule has 0 radical (unpaired) electrons. The Morgan fingerprint density at radius 3 is 2.60 bits per heavy atom. The zero-order valence-corrected chi connectivity index (χ0v) is 14.8. The van der Waals surface area contributed by atoms with Crippen molar-refractivity contribution in [1.82, 2.24) is 0 Å². The van der Waals surface area contributed by atoms with Crippen molar-refractivity contribution in [3.8, 4) is 11.5 Å². The molecule has 0 aromatic heterocycles. The van der Waals surface area contributed by atoms with E-state index in [9.17, 15) is 4.79 Å². The van der Waals surface area contributed by atoms with Crippen molar-refractivity contribution in [1.29, 1.82) is 0 Å². The summed E-state index contributed by atoms with van der Waals surface area (Å²) in [5.74, 6) is 0.869. The number of benzene rings is 2. The monoisotopic (exact) mass is 342 g/mol. The van der Waals surface area contributed by atoms with Gasteiger partial charge in [0.15, 0.2) is 18.1 Å². The van der Waals surface area contributed by atoms with Gasteiger partial charge in [0.2, 0.25) is 0 Å². The number of nitrogens with one attached hydrogen (secondary N) is 1. The highest BCUT2D eigenvalue weighted by molar-refractivity contribution is 5.92. The molecule has 0 unspecified atom stereocenters. The van der Waals surface area contributed by atoms with Crippen molar-refractivity contribution in [2.45, 2.75) is 13.8 Å². The highest BCUT2D eigenvalue weighted by Crippen LogP contribution is 2.29. The number of oxime groups is 1. The summed E-state index contributed by atoms with van der Waals surface area (Å²) in [5.41, 5.74) is 3.71. The van der Waals surface area contributed by atoms with E-state index in [1.807, 2.05) is 44.2 Å². The van der Waals surface area contributed by atoms with Gasteiger partial charge in [-0.15, -0.1) is 0 Å². The van der Waals surface area contributed by atoms with Gasteiger partial charge < -0.3 is 19.6 Å². The topological polar surface area (TPSA) is 69.2 Å². The molecule has 0 spiro atoms. The lowest BCUT2D eigenvalue weighted by atomic mass is 10.1. The van der Waals surface area contributed by atoms with Gasteiger partial charge in [-0.2, -0.15) is 0 Å². The van der Waals surface area contributed by atoms with Crippen LogP contribution in [0.25, 0.3) is 0 Å². The van der Waals surface area contributed by atoms with Crippen molar-refractivity contribution in [2.75, 3.05) is 26.1 Å². The third-order valence-electron chi connectivity index (χ3n) is 3.69. The molecule has 0 heterocycles. The first-order valence-electron chi connectivity index (χ1n) is 7.78. The van der Waals surface area contributed by atoms with Crippen LogP contribution in [0.15, 0.2) is 41.6 Å². The molecule has 6 nitrogen and oxygen atoms in total. The molecule has 6 heteroatoms. The van der Waals surface area contributed by atoms with Gasteiger partial charge in [-0.05, 0) is 49.2 Å². The number of para-hydroxylation sites is 1. The second kappa shape index (κ2) is 8.73. The lowest BCUT2D eigenvalue weighted by Crippen LogP contribution is -2.17. The van der Waals surface area contributed by atoms with Gasteiger partial charge in [-0.1, -0.05) is 17.3 Å². The first-order valence-corrected chi connectivity index (χ1v) is 7.78. The lowest BCUT2D eigenvalue weighted by molar-refractivity contribution is -0.120. The Balaban J connectivity index is 1.90. The van der Waals surface area contributed by atoms with Gasteiger partial charge in [0.1, 0.15) is 0 Å². The predicted octanol–water partition coefficient (Wildman–Crippen LogP) is 3.31. The lowest BCUT2D eigenvalue weighted by Gasteiger charge is -2.09. The quantitative estimate of drug-likeness (QED) is 0.619. The molecule has 0 atom stereocenters. The maximum atomic E-state index is 11.9. The second-order valence-corrected chi connectivity index (χ2v) is 5.44. The number of rotatable bonds is 7. The van der Waals surface area contributed by atoms with E-state index >= 15 is 0 Å². The molecule has 0 aliphatic carbocycles. The molecule has 1 amide bonds. The Bertz CT molecular complexity index is 772. The van der Waals surface area contributed by atoms with Crippen LogP contribution in [0.2, 0.25) is 0 Å². The number of amides is 1. The number of hydrogen-bond acceptors (Lipinski definition) is 5. The molecule has 0 saturated carbocycles. The Kier molecular flexibility index (Phi) is 6.39. The van der Waals surface area contributed by atoms with Crippen LogP contribution in [-0.4, -0.2) is 32.9 Å². The van der Waals surface area contributed by atoms with E-state index in [0.29, 0.717) is 17.1 Å². The van der Waals surface area contributed by atoms with E-state index in [1.54, 1.807) is 20.3 Å². The van der Waals surface area contributed by atoms with Crippen LogP contribution >= 0.6 is 0 Å². The van der Waals surface area contributed by atoms with Gasteiger partial charge >= 0.3 is 0 Å². The minimum Gasteiger partial charge on any atom is -0.493 e. The standard InChI is InChI=1S/C19H22N2O4/c1-13-8-9-16(10-14(13)2)21-18(22)12-25-20-11-15-6-5-7-17(23-3)19(15)24-4/h5-11H,12H2,1-4H3,(H,21,22)/b20-11-. The van der Waals surface area contributed by atoms with Gasteiger partial charge in [-0.25, -0.2) is 0 Å². The summed E-state index contributed by atoms with van der Waals surface area (Å²) in [6.07, 6.45) is 1.48. The number of ether oxygens (including phenoxy) is 2. The molecule has 0 saturated heterocycles. The maximum Gasteiger partial charge on any atom is 0.265 e. The van der Waals surface area contributed by atoms with Crippen molar-refractivity contribution in [2.24, 2.45) is 5.16 Å². The summed E-state index contributed by atoms with van der Waals surface area (Å²) < 4.78 is 10.5. The fraction of sp³-hybridized carbons (Fsp3) is 0.263. The second-order valence-electron chi connectivity index (χ2n) is 5.44. The number of aryl methyl sites for hydroxylation is 2. The van der Waals surface area contributed by atoms with E-state index in [4.69, 9.17) is 14.3 Å². The zero-order valence-electron chi connectivity index (χ0n) is 14.8. The summed E-state index contributed by atoms with van der Waals surface area (Å²) in [7, 11) is 3.11. The van der Waals surface area contributed by atoms with Crippen molar-refractivity contribution >= 4 is 17.8 Å². The molecular formula is C19H22N2O4. The largest absolute Gasteiger partial charge is 0.493 e. The fourth-order valence-corrected chi connectivity index (χ4v) is 2.22. The number of hydrogen-bond donors (Lipinski definition) is 1. The maximum absolute atomic E-state index is 11.9. The van der Waals surface area contributed by atoms with Crippen LogP contribution in [0.3, 0.4) is 0 Å². The third-order valence-corrected chi connectivity index (χ3v) is 3.69. The Morgan fingerprint density at radius 2 is 1.92 bits per heavy atom. The molecule has 0 bridgehead atoms. The summed E-state index contributed by atoms with van der Waals surface area (Å²) in [4.78, 5) is 16.9. The number of carbonyl (C=O) groups excluding carboxylic acids is 1. The summed E-state index contributed by atoms with van der Waals surface area (Å²) in [6, 6.07) is 11.1. The van der Waals surface area contributed by atoms with Crippen LogP contribution < -0.4 is 14.8 Å². The van der Waals surface area contributed by atoms with Crippen LogP contribution in [0.1, 0.15) is 16.7 Å². The van der Waals surface area contributed by atoms with Crippen LogP contribution in [0.4, 0.5) is 5.69 Å². The van der Waals surface area contributed by atoms with Crippen molar-refractivity contribution in [3.63, 3.8) is 0 Å².